The van der Waals surface area contributed by atoms with Gasteiger partial charge in [-0.05, 0) is 25.9 Å². The lowest BCUT2D eigenvalue weighted by Gasteiger charge is -2.28. The van der Waals surface area contributed by atoms with Crippen molar-refractivity contribution < 1.29 is 9.90 Å². The first kappa shape index (κ1) is 10.5. The monoisotopic (exact) mass is 203 g/mol. The molecule has 0 aromatic rings. The van der Waals surface area contributed by atoms with Crippen LogP contribution in [0.2, 0.25) is 0 Å². The number of rotatable bonds is 3. The molecule has 1 rings (SSSR count). The molecule has 0 bridgehead atoms. The van der Waals surface area contributed by atoms with E-state index in [-0.39, 0.29) is 5.92 Å². The van der Waals surface area contributed by atoms with E-state index in [1.54, 1.807) is 0 Å². The number of hydrogen-bond donors (Lipinski definition) is 1. The molecule has 13 heavy (non-hydrogen) atoms. The van der Waals surface area contributed by atoms with E-state index < -0.39 is 5.97 Å². The van der Waals surface area contributed by atoms with E-state index >= 15 is 0 Å². The molecular weight excluding hydrogens is 190 g/mol. The lowest BCUT2D eigenvalue weighted by atomic mass is 9.97. The zero-order valence-corrected chi connectivity index (χ0v) is 8.20. The molecule has 0 radical (unpaired) electrons. The fourth-order valence-corrected chi connectivity index (χ4v) is 1.63. The molecule has 1 heterocycles. The summed E-state index contributed by atoms with van der Waals surface area (Å²) in [6, 6.07) is 0. The van der Waals surface area contributed by atoms with Gasteiger partial charge in [0.1, 0.15) is 0 Å². The van der Waals surface area contributed by atoms with Crippen molar-refractivity contribution in [1.29, 1.82) is 0 Å². The molecule has 0 aliphatic carbocycles. The van der Waals surface area contributed by atoms with E-state index in [9.17, 15) is 4.79 Å². The van der Waals surface area contributed by atoms with Crippen molar-refractivity contribution in [2.45, 2.75) is 12.8 Å². The zero-order chi connectivity index (χ0) is 9.68. The van der Waals surface area contributed by atoms with Crippen molar-refractivity contribution in [2.75, 3.05) is 19.6 Å². The van der Waals surface area contributed by atoms with Gasteiger partial charge in [0.05, 0.1) is 5.92 Å². The van der Waals surface area contributed by atoms with Crippen molar-refractivity contribution >= 4 is 17.6 Å². The van der Waals surface area contributed by atoms with E-state index in [2.05, 4.69) is 4.90 Å². The van der Waals surface area contributed by atoms with Gasteiger partial charge in [0.2, 0.25) is 0 Å². The van der Waals surface area contributed by atoms with Crippen LogP contribution in [-0.2, 0) is 4.79 Å². The number of hydrogen-bond acceptors (Lipinski definition) is 2. The van der Waals surface area contributed by atoms with Gasteiger partial charge >= 0.3 is 5.97 Å². The Kier molecular flexibility index (Phi) is 4.25. The molecule has 0 saturated carbocycles. The van der Waals surface area contributed by atoms with Crippen molar-refractivity contribution in [3.05, 3.63) is 11.6 Å². The third-order valence-electron chi connectivity index (χ3n) is 2.39. The molecule has 0 amide bonds. The van der Waals surface area contributed by atoms with Crippen molar-refractivity contribution in [1.82, 2.24) is 4.90 Å². The number of carbonyl (C=O) groups is 1. The maximum atomic E-state index is 10.6. The van der Waals surface area contributed by atoms with Gasteiger partial charge in [-0.2, -0.15) is 0 Å². The van der Waals surface area contributed by atoms with E-state index in [0.29, 0.717) is 0 Å². The molecule has 0 spiro atoms. The summed E-state index contributed by atoms with van der Waals surface area (Å²) in [7, 11) is 0. The second kappa shape index (κ2) is 5.25. The normalized spacial score (nSPS) is 21.0. The van der Waals surface area contributed by atoms with E-state index in [4.69, 9.17) is 16.7 Å². The first-order valence-corrected chi connectivity index (χ1v) is 4.88. The molecule has 1 saturated heterocycles. The minimum atomic E-state index is -0.660. The van der Waals surface area contributed by atoms with E-state index in [0.717, 1.165) is 32.5 Å². The van der Waals surface area contributed by atoms with Crippen molar-refractivity contribution in [2.24, 2.45) is 5.92 Å². The number of carboxylic acids is 1. The third kappa shape index (κ3) is 3.36. The molecule has 1 aliphatic rings. The van der Waals surface area contributed by atoms with Gasteiger partial charge in [-0.15, -0.1) is 0 Å². The van der Waals surface area contributed by atoms with Gasteiger partial charge in [0, 0.05) is 12.1 Å². The van der Waals surface area contributed by atoms with E-state index in [1.165, 1.54) is 5.54 Å². The first-order chi connectivity index (χ1) is 6.24. The fourth-order valence-electron chi connectivity index (χ4n) is 1.55. The molecule has 1 fully saturated rings. The highest BCUT2D eigenvalue weighted by atomic mass is 35.5. The standard InChI is InChI=1S/C9H14ClNO2/c10-4-1-5-11-6-2-8(3-7-11)9(12)13/h1,4,8H,2-3,5-7H2,(H,12,13)/b4-1+. The minimum Gasteiger partial charge on any atom is -0.481 e. The Morgan fingerprint density at radius 1 is 1.54 bits per heavy atom. The number of likely N-dealkylation sites (tertiary alicyclic amines) is 1. The Hall–Kier alpha value is -0.540. The average molecular weight is 204 g/mol. The summed E-state index contributed by atoms with van der Waals surface area (Å²) in [6.07, 6.45) is 3.39. The predicted molar refractivity (Wildman–Crippen MR) is 51.8 cm³/mol. The zero-order valence-electron chi connectivity index (χ0n) is 7.45. The summed E-state index contributed by atoms with van der Waals surface area (Å²) in [6.45, 7) is 2.55. The first-order valence-electron chi connectivity index (χ1n) is 4.44. The highest BCUT2D eigenvalue weighted by molar-refractivity contribution is 6.25. The summed E-state index contributed by atoms with van der Waals surface area (Å²) in [5.41, 5.74) is 1.50. The maximum Gasteiger partial charge on any atom is 0.306 e. The summed E-state index contributed by atoms with van der Waals surface area (Å²) in [5, 5.41) is 8.75. The SMILES string of the molecule is O=C(O)C1CCN(C/C=C/Cl)CC1. The molecule has 1 aliphatic heterocycles. The number of aliphatic carboxylic acids is 1. The highest BCUT2D eigenvalue weighted by Crippen LogP contribution is 2.16. The molecule has 0 unspecified atom stereocenters. The van der Waals surface area contributed by atoms with Crippen LogP contribution in [0, 0.1) is 5.92 Å². The second-order valence-corrected chi connectivity index (χ2v) is 3.53. The fraction of sp³-hybridized carbons (Fsp3) is 0.667. The highest BCUT2D eigenvalue weighted by Gasteiger charge is 2.23. The van der Waals surface area contributed by atoms with Crippen LogP contribution in [-0.4, -0.2) is 35.6 Å². The van der Waals surface area contributed by atoms with Crippen LogP contribution < -0.4 is 0 Å². The third-order valence-corrected chi connectivity index (χ3v) is 2.57. The van der Waals surface area contributed by atoms with Crippen LogP contribution in [0.5, 0.6) is 0 Å². The van der Waals surface area contributed by atoms with Crippen LogP contribution in [0.4, 0.5) is 0 Å². The van der Waals surface area contributed by atoms with Crippen LogP contribution in [0.15, 0.2) is 11.6 Å². The summed E-state index contributed by atoms with van der Waals surface area (Å²) >= 11 is 5.40. The Morgan fingerprint density at radius 3 is 2.62 bits per heavy atom. The molecule has 4 heteroatoms. The molecule has 0 aromatic heterocycles. The molecule has 3 nitrogen and oxygen atoms in total. The smallest absolute Gasteiger partial charge is 0.306 e. The van der Waals surface area contributed by atoms with Crippen molar-refractivity contribution in [3.8, 4) is 0 Å². The van der Waals surface area contributed by atoms with Crippen LogP contribution in [0.3, 0.4) is 0 Å². The number of nitrogens with zero attached hydrogens (tertiary/aromatic N) is 1. The Balaban J connectivity index is 2.26. The van der Waals surface area contributed by atoms with Crippen LogP contribution >= 0.6 is 11.6 Å². The molecule has 1 N–H and O–H groups in total. The van der Waals surface area contributed by atoms with Gasteiger partial charge in [0.15, 0.2) is 0 Å². The van der Waals surface area contributed by atoms with E-state index in [1.807, 2.05) is 6.08 Å². The Labute approximate surface area is 83.0 Å². The predicted octanol–water partition coefficient (Wildman–Crippen LogP) is 1.54. The lowest BCUT2D eigenvalue weighted by molar-refractivity contribution is -0.143. The molecule has 74 valence electrons. The average Bonchev–Trinajstić information content (AvgIpc) is 2.15. The summed E-state index contributed by atoms with van der Waals surface area (Å²) in [5.74, 6) is -0.802. The Morgan fingerprint density at radius 2 is 2.15 bits per heavy atom. The van der Waals surface area contributed by atoms with Gasteiger partial charge in [-0.25, -0.2) is 0 Å². The maximum absolute atomic E-state index is 10.6. The summed E-state index contributed by atoms with van der Waals surface area (Å²) < 4.78 is 0. The topological polar surface area (TPSA) is 40.5 Å². The molecule has 0 aromatic carbocycles. The number of piperidine rings is 1. The second-order valence-electron chi connectivity index (χ2n) is 3.27. The quantitative estimate of drug-likeness (QED) is 0.757. The van der Waals surface area contributed by atoms with Gasteiger partial charge in [0.25, 0.3) is 0 Å². The van der Waals surface area contributed by atoms with Crippen LogP contribution in [0.1, 0.15) is 12.8 Å². The minimum absolute atomic E-state index is 0.142. The van der Waals surface area contributed by atoms with Gasteiger partial charge in [-0.1, -0.05) is 17.7 Å². The lowest BCUT2D eigenvalue weighted by Crippen LogP contribution is -2.36. The van der Waals surface area contributed by atoms with Crippen LogP contribution in [0.25, 0.3) is 0 Å². The Bertz CT molecular complexity index is 198. The molecule has 0 atom stereocenters. The summed E-state index contributed by atoms with van der Waals surface area (Å²) in [4.78, 5) is 12.8. The number of carboxylic acid groups (broad SMARTS) is 1. The van der Waals surface area contributed by atoms with Gasteiger partial charge < -0.3 is 5.11 Å². The molecular formula is C9H14ClNO2. The largest absolute Gasteiger partial charge is 0.481 e. The number of halogens is 1. The van der Waals surface area contributed by atoms with Gasteiger partial charge in [-0.3, -0.25) is 9.69 Å². The van der Waals surface area contributed by atoms with Crippen molar-refractivity contribution in [3.63, 3.8) is 0 Å².